The van der Waals surface area contributed by atoms with E-state index < -0.39 is 0 Å². The summed E-state index contributed by atoms with van der Waals surface area (Å²) in [7, 11) is 0. The highest BCUT2D eigenvalue weighted by atomic mass is 16.5. The van der Waals surface area contributed by atoms with Gasteiger partial charge >= 0.3 is 5.97 Å². The Morgan fingerprint density at radius 2 is 1.89 bits per heavy atom. The van der Waals surface area contributed by atoms with Crippen molar-refractivity contribution in [3.63, 3.8) is 0 Å². The summed E-state index contributed by atoms with van der Waals surface area (Å²) in [6.45, 7) is 12.8. The van der Waals surface area contributed by atoms with E-state index in [1.807, 2.05) is 6.92 Å². The molecule has 0 bridgehead atoms. The zero-order valence-electron chi connectivity index (χ0n) is 13.2. The number of rotatable bonds is 11. The van der Waals surface area contributed by atoms with Crippen LogP contribution in [0.25, 0.3) is 0 Å². The average molecular weight is 272 g/mol. The molecule has 0 radical (unpaired) electrons. The Bertz CT molecular complexity index is 242. The van der Waals surface area contributed by atoms with Gasteiger partial charge in [-0.25, -0.2) is 0 Å². The van der Waals surface area contributed by atoms with Gasteiger partial charge in [0.15, 0.2) is 0 Å². The first kappa shape index (κ1) is 18.4. The van der Waals surface area contributed by atoms with Crippen molar-refractivity contribution in [3.8, 4) is 0 Å². The van der Waals surface area contributed by atoms with Crippen molar-refractivity contribution in [2.24, 2.45) is 11.1 Å². The van der Waals surface area contributed by atoms with Gasteiger partial charge in [-0.2, -0.15) is 0 Å². The van der Waals surface area contributed by atoms with Crippen molar-refractivity contribution in [3.05, 3.63) is 0 Å². The number of hydrogen-bond acceptors (Lipinski definition) is 4. The summed E-state index contributed by atoms with van der Waals surface area (Å²) in [5, 5.41) is 0. The molecule has 0 aromatic rings. The fourth-order valence-corrected chi connectivity index (χ4v) is 2.03. The van der Waals surface area contributed by atoms with Crippen LogP contribution in [-0.4, -0.2) is 43.7 Å². The van der Waals surface area contributed by atoms with E-state index in [2.05, 4.69) is 25.7 Å². The Morgan fingerprint density at radius 1 is 1.21 bits per heavy atom. The highest BCUT2D eigenvalue weighted by molar-refractivity contribution is 5.69. The number of unbranched alkanes of at least 4 members (excludes halogenated alkanes) is 2. The Kier molecular flexibility index (Phi) is 9.88. The van der Waals surface area contributed by atoms with E-state index in [0.717, 1.165) is 38.9 Å². The summed E-state index contributed by atoms with van der Waals surface area (Å²) in [5.74, 6) is -0.0703. The minimum absolute atomic E-state index is 0.0703. The SMILES string of the molecule is CCOC(=O)CCCCCN(CC)CC(C)(C)CN. The minimum atomic E-state index is -0.0703. The molecule has 0 rings (SSSR count). The van der Waals surface area contributed by atoms with E-state index >= 15 is 0 Å². The van der Waals surface area contributed by atoms with Crippen molar-refractivity contribution in [1.29, 1.82) is 0 Å². The van der Waals surface area contributed by atoms with Gasteiger partial charge < -0.3 is 15.4 Å². The lowest BCUT2D eigenvalue weighted by molar-refractivity contribution is -0.143. The predicted octanol–water partition coefficient (Wildman–Crippen LogP) is 2.42. The Morgan fingerprint density at radius 3 is 2.42 bits per heavy atom. The molecule has 0 aliphatic carbocycles. The number of hydrogen-bond donors (Lipinski definition) is 1. The topological polar surface area (TPSA) is 55.6 Å². The van der Waals surface area contributed by atoms with Gasteiger partial charge in [0, 0.05) is 13.0 Å². The van der Waals surface area contributed by atoms with Gasteiger partial charge in [0.1, 0.15) is 0 Å². The molecule has 0 saturated carbocycles. The number of carbonyl (C=O) groups excluding carboxylic acids is 1. The quantitative estimate of drug-likeness (QED) is 0.463. The monoisotopic (exact) mass is 272 g/mol. The fourth-order valence-electron chi connectivity index (χ4n) is 2.03. The van der Waals surface area contributed by atoms with Crippen LogP contribution in [0.4, 0.5) is 0 Å². The third kappa shape index (κ3) is 9.91. The Balaban J connectivity index is 3.70. The molecule has 0 amide bonds. The number of esters is 1. The third-order valence-corrected chi connectivity index (χ3v) is 3.31. The van der Waals surface area contributed by atoms with Crippen LogP contribution in [0, 0.1) is 5.41 Å². The van der Waals surface area contributed by atoms with Crippen LogP contribution >= 0.6 is 0 Å². The van der Waals surface area contributed by atoms with Crippen molar-refractivity contribution >= 4 is 5.97 Å². The lowest BCUT2D eigenvalue weighted by Crippen LogP contribution is -2.39. The van der Waals surface area contributed by atoms with E-state index in [1.54, 1.807) is 0 Å². The molecule has 0 aliphatic rings. The zero-order chi connectivity index (χ0) is 14.7. The standard InChI is InChI=1S/C15H32N2O2/c1-5-17(13-15(3,4)12-16)11-9-7-8-10-14(18)19-6-2/h5-13,16H2,1-4H3. The van der Waals surface area contributed by atoms with Gasteiger partial charge in [0.2, 0.25) is 0 Å². The molecule has 0 spiro atoms. The lowest BCUT2D eigenvalue weighted by atomic mass is 9.93. The molecule has 114 valence electrons. The molecule has 2 N–H and O–H groups in total. The van der Waals surface area contributed by atoms with E-state index in [-0.39, 0.29) is 11.4 Å². The van der Waals surface area contributed by atoms with Crippen molar-refractivity contribution in [2.75, 3.05) is 32.8 Å². The molecule has 0 aliphatic heterocycles. The van der Waals surface area contributed by atoms with Gasteiger partial charge in [0.05, 0.1) is 6.61 Å². The van der Waals surface area contributed by atoms with Crippen LogP contribution in [0.15, 0.2) is 0 Å². The molecule has 0 saturated heterocycles. The Labute approximate surface area is 118 Å². The average Bonchev–Trinajstić information content (AvgIpc) is 2.37. The van der Waals surface area contributed by atoms with Crippen molar-refractivity contribution in [1.82, 2.24) is 4.90 Å². The smallest absolute Gasteiger partial charge is 0.305 e. The predicted molar refractivity (Wildman–Crippen MR) is 80.1 cm³/mol. The van der Waals surface area contributed by atoms with E-state index in [0.29, 0.717) is 19.6 Å². The second-order valence-electron chi connectivity index (χ2n) is 5.85. The summed E-state index contributed by atoms with van der Waals surface area (Å²) in [4.78, 5) is 13.6. The molecule has 0 aromatic heterocycles. The first-order valence-electron chi connectivity index (χ1n) is 7.53. The van der Waals surface area contributed by atoms with Gasteiger partial charge in [-0.1, -0.05) is 27.2 Å². The molecule has 0 fully saturated rings. The second-order valence-corrected chi connectivity index (χ2v) is 5.85. The summed E-state index contributed by atoms with van der Waals surface area (Å²) in [5.41, 5.74) is 5.95. The minimum Gasteiger partial charge on any atom is -0.466 e. The highest BCUT2D eigenvalue weighted by Crippen LogP contribution is 2.15. The van der Waals surface area contributed by atoms with E-state index in [4.69, 9.17) is 10.5 Å². The van der Waals surface area contributed by atoms with Crippen LogP contribution in [0.1, 0.15) is 53.4 Å². The number of ether oxygens (including phenoxy) is 1. The maximum atomic E-state index is 11.2. The molecular weight excluding hydrogens is 240 g/mol. The van der Waals surface area contributed by atoms with Gasteiger partial charge in [0.25, 0.3) is 0 Å². The summed E-state index contributed by atoms with van der Waals surface area (Å²) >= 11 is 0. The molecule has 0 unspecified atom stereocenters. The van der Waals surface area contributed by atoms with E-state index in [1.165, 1.54) is 0 Å². The number of carbonyl (C=O) groups is 1. The Hall–Kier alpha value is -0.610. The van der Waals surface area contributed by atoms with Crippen molar-refractivity contribution in [2.45, 2.75) is 53.4 Å². The van der Waals surface area contributed by atoms with Crippen LogP contribution in [-0.2, 0) is 9.53 Å². The van der Waals surface area contributed by atoms with Crippen molar-refractivity contribution < 1.29 is 9.53 Å². The van der Waals surface area contributed by atoms with Gasteiger partial charge in [-0.15, -0.1) is 0 Å². The molecule has 0 aromatic carbocycles. The lowest BCUT2D eigenvalue weighted by Gasteiger charge is -2.31. The zero-order valence-corrected chi connectivity index (χ0v) is 13.2. The summed E-state index contributed by atoms with van der Waals surface area (Å²) < 4.78 is 4.91. The molecule has 4 heteroatoms. The fraction of sp³-hybridized carbons (Fsp3) is 0.933. The van der Waals surface area contributed by atoms with E-state index in [9.17, 15) is 4.79 Å². The maximum Gasteiger partial charge on any atom is 0.305 e. The third-order valence-electron chi connectivity index (χ3n) is 3.31. The van der Waals surface area contributed by atoms with Gasteiger partial charge in [-0.3, -0.25) is 4.79 Å². The number of nitrogens with two attached hydrogens (primary N) is 1. The van der Waals surface area contributed by atoms with Crippen LogP contribution in [0.5, 0.6) is 0 Å². The van der Waals surface area contributed by atoms with Crippen LogP contribution in [0.2, 0.25) is 0 Å². The van der Waals surface area contributed by atoms with Crippen LogP contribution < -0.4 is 5.73 Å². The molecule has 19 heavy (non-hydrogen) atoms. The molecule has 4 nitrogen and oxygen atoms in total. The number of nitrogens with zero attached hydrogens (tertiary/aromatic N) is 1. The molecule has 0 atom stereocenters. The maximum absolute atomic E-state index is 11.2. The normalized spacial score (nSPS) is 11.9. The van der Waals surface area contributed by atoms with Gasteiger partial charge in [-0.05, 0) is 44.8 Å². The molecular formula is C15H32N2O2. The highest BCUT2D eigenvalue weighted by Gasteiger charge is 2.18. The molecule has 0 heterocycles. The largest absolute Gasteiger partial charge is 0.466 e. The summed E-state index contributed by atoms with van der Waals surface area (Å²) in [6.07, 6.45) is 3.69. The first-order valence-corrected chi connectivity index (χ1v) is 7.53. The summed E-state index contributed by atoms with van der Waals surface area (Å²) in [6, 6.07) is 0. The second kappa shape index (κ2) is 10.2. The first-order chi connectivity index (χ1) is 8.95. The van der Waals surface area contributed by atoms with Crippen LogP contribution in [0.3, 0.4) is 0 Å².